The van der Waals surface area contributed by atoms with Crippen LogP contribution in [-0.2, 0) is 16.8 Å². The monoisotopic (exact) mass is 420 g/mol. The van der Waals surface area contributed by atoms with E-state index in [2.05, 4.69) is 49.5 Å². The van der Waals surface area contributed by atoms with Crippen molar-refractivity contribution in [3.8, 4) is 0 Å². The van der Waals surface area contributed by atoms with Crippen molar-refractivity contribution in [1.82, 2.24) is 10.2 Å². The Morgan fingerprint density at radius 3 is 2.23 bits per heavy atom. The third-order valence-electron chi connectivity index (χ3n) is 6.72. The number of amides is 3. The number of carbonyl (C=O) groups is 2. The molecule has 2 aromatic carbocycles. The van der Waals surface area contributed by atoms with E-state index in [0.29, 0.717) is 19.0 Å². The molecule has 0 aliphatic carbocycles. The smallest absolute Gasteiger partial charge is 0.319 e. The average Bonchev–Trinajstić information content (AvgIpc) is 3.01. The fraction of sp³-hybridized carbons (Fsp3) is 0.462. The van der Waals surface area contributed by atoms with Gasteiger partial charge in [-0.25, -0.2) is 9.69 Å². The number of hydrogen-bond acceptors (Lipinski definition) is 2. The lowest BCUT2D eigenvalue weighted by atomic mass is 9.82. The van der Waals surface area contributed by atoms with E-state index in [4.69, 9.17) is 0 Å². The summed E-state index contributed by atoms with van der Waals surface area (Å²) >= 11 is 0. The quantitative estimate of drug-likeness (QED) is 0.677. The Kier molecular flexibility index (Phi) is 6.42. The van der Waals surface area contributed by atoms with Crippen LogP contribution < -0.4 is 10.2 Å². The van der Waals surface area contributed by atoms with Crippen LogP contribution in [0.25, 0.3) is 0 Å². The molecular weight excluding hydrogens is 386 g/mol. The summed E-state index contributed by atoms with van der Waals surface area (Å²) in [4.78, 5) is 29.3. The van der Waals surface area contributed by atoms with Gasteiger partial charge in [0, 0.05) is 0 Å². The summed E-state index contributed by atoms with van der Waals surface area (Å²) in [6.45, 7) is 6.63. The second kappa shape index (κ2) is 9.23. The number of rotatable bonds is 7. The summed E-state index contributed by atoms with van der Waals surface area (Å²) in [6, 6.07) is 20.1. The van der Waals surface area contributed by atoms with Crippen LogP contribution in [0.1, 0.15) is 44.2 Å². The minimum absolute atomic E-state index is 0.101. The Hall–Kier alpha value is -2.66. The summed E-state index contributed by atoms with van der Waals surface area (Å²) < 4.78 is 0. The van der Waals surface area contributed by atoms with Crippen molar-refractivity contribution in [2.24, 2.45) is 11.8 Å². The van der Waals surface area contributed by atoms with E-state index >= 15 is 0 Å². The van der Waals surface area contributed by atoms with Crippen molar-refractivity contribution in [3.63, 3.8) is 0 Å². The normalized spacial score (nSPS) is 26.4. The number of imide groups is 1. The van der Waals surface area contributed by atoms with Crippen LogP contribution in [-0.4, -0.2) is 36.6 Å². The summed E-state index contributed by atoms with van der Waals surface area (Å²) in [5.74, 6) is 0.861. The van der Waals surface area contributed by atoms with Gasteiger partial charge in [-0.3, -0.25) is 4.79 Å². The Labute approximate surface area is 185 Å². The number of quaternary nitrogens is 1. The molecule has 2 fully saturated rings. The van der Waals surface area contributed by atoms with Crippen molar-refractivity contribution in [3.05, 3.63) is 71.8 Å². The van der Waals surface area contributed by atoms with Crippen molar-refractivity contribution in [2.45, 2.75) is 45.1 Å². The van der Waals surface area contributed by atoms with E-state index in [1.54, 1.807) is 0 Å². The Morgan fingerprint density at radius 1 is 1.00 bits per heavy atom. The van der Waals surface area contributed by atoms with Gasteiger partial charge in [-0.05, 0) is 48.6 Å². The molecule has 2 aliphatic rings. The zero-order valence-corrected chi connectivity index (χ0v) is 18.6. The maximum Gasteiger partial charge on any atom is 0.329 e. The molecule has 2 aromatic rings. The lowest BCUT2D eigenvalue weighted by Crippen LogP contribution is -3.14. The van der Waals surface area contributed by atoms with Crippen molar-refractivity contribution >= 4 is 11.9 Å². The first-order valence-electron chi connectivity index (χ1n) is 11.5. The molecule has 2 N–H and O–H groups in total. The number of hydrogen-bond donors (Lipinski definition) is 2. The van der Waals surface area contributed by atoms with Crippen LogP contribution in [0.4, 0.5) is 4.79 Å². The number of benzene rings is 2. The van der Waals surface area contributed by atoms with Crippen molar-refractivity contribution < 1.29 is 14.5 Å². The van der Waals surface area contributed by atoms with Crippen LogP contribution in [0.3, 0.4) is 0 Å². The van der Waals surface area contributed by atoms with E-state index in [0.717, 1.165) is 37.9 Å². The van der Waals surface area contributed by atoms with Crippen LogP contribution in [0.2, 0.25) is 0 Å². The first-order chi connectivity index (χ1) is 15.0. The molecule has 0 radical (unpaired) electrons. The second-order valence-electron chi connectivity index (χ2n) is 9.57. The molecule has 2 saturated heterocycles. The number of likely N-dealkylation sites (tertiary alicyclic amines) is 1. The first-order valence-corrected chi connectivity index (χ1v) is 11.5. The molecule has 0 unspecified atom stereocenters. The van der Waals surface area contributed by atoms with Crippen molar-refractivity contribution in [1.29, 1.82) is 0 Å². The molecule has 31 heavy (non-hydrogen) atoms. The van der Waals surface area contributed by atoms with Gasteiger partial charge in [-0.2, -0.15) is 0 Å². The maximum atomic E-state index is 13.6. The molecule has 2 aliphatic heterocycles. The second-order valence-corrected chi connectivity index (χ2v) is 9.57. The molecule has 0 spiro atoms. The topological polar surface area (TPSA) is 53.9 Å². The average molecular weight is 421 g/mol. The Bertz CT molecular complexity index is 891. The predicted molar refractivity (Wildman–Crippen MR) is 121 cm³/mol. The number of nitrogens with zero attached hydrogens (tertiary/aromatic N) is 1. The van der Waals surface area contributed by atoms with Gasteiger partial charge in [0.25, 0.3) is 5.91 Å². The Morgan fingerprint density at radius 2 is 1.61 bits per heavy atom. The van der Waals surface area contributed by atoms with Gasteiger partial charge >= 0.3 is 6.03 Å². The van der Waals surface area contributed by atoms with Crippen LogP contribution in [0.15, 0.2) is 60.7 Å². The molecule has 0 saturated carbocycles. The van der Waals surface area contributed by atoms with Gasteiger partial charge in [0.2, 0.25) is 0 Å². The molecule has 0 bridgehead atoms. The largest absolute Gasteiger partial charge is 0.329 e. The molecule has 164 valence electrons. The summed E-state index contributed by atoms with van der Waals surface area (Å²) in [6.07, 6.45) is 3.97. The van der Waals surface area contributed by atoms with Crippen LogP contribution in [0, 0.1) is 11.8 Å². The minimum Gasteiger partial charge on any atom is -0.319 e. The lowest BCUT2D eigenvalue weighted by Gasteiger charge is -2.32. The van der Waals surface area contributed by atoms with Gasteiger partial charge < -0.3 is 10.2 Å². The number of piperidine rings is 1. The van der Waals surface area contributed by atoms with Gasteiger partial charge in [-0.1, -0.05) is 74.5 Å². The highest BCUT2D eigenvalue weighted by molar-refractivity contribution is 6.07. The van der Waals surface area contributed by atoms with E-state index in [9.17, 15) is 9.59 Å². The lowest BCUT2D eigenvalue weighted by molar-refractivity contribution is -0.913. The van der Waals surface area contributed by atoms with Crippen molar-refractivity contribution in [2.75, 3.05) is 19.8 Å². The molecule has 2 heterocycles. The highest BCUT2D eigenvalue weighted by Gasteiger charge is 2.53. The van der Waals surface area contributed by atoms with Gasteiger partial charge in [0.1, 0.15) is 5.54 Å². The van der Waals surface area contributed by atoms with Crippen LogP contribution in [0.5, 0.6) is 0 Å². The highest BCUT2D eigenvalue weighted by atomic mass is 16.2. The van der Waals surface area contributed by atoms with Gasteiger partial charge in [0.05, 0.1) is 13.1 Å². The van der Waals surface area contributed by atoms with E-state index in [-0.39, 0.29) is 17.9 Å². The number of nitrogens with one attached hydrogen (secondary N) is 2. The third kappa shape index (κ3) is 4.67. The molecule has 5 nitrogen and oxygen atoms in total. The zero-order valence-electron chi connectivity index (χ0n) is 18.6. The zero-order chi connectivity index (χ0) is 21.8. The predicted octanol–water partition coefficient (Wildman–Crippen LogP) is 2.97. The fourth-order valence-electron chi connectivity index (χ4n) is 5.18. The minimum atomic E-state index is -0.947. The summed E-state index contributed by atoms with van der Waals surface area (Å²) in [5, 5.41) is 3.07. The fourth-order valence-corrected chi connectivity index (χ4v) is 5.18. The van der Waals surface area contributed by atoms with Crippen LogP contribution >= 0.6 is 0 Å². The highest BCUT2D eigenvalue weighted by Crippen LogP contribution is 2.34. The van der Waals surface area contributed by atoms with E-state index in [1.165, 1.54) is 15.4 Å². The molecule has 3 amide bonds. The van der Waals surface area contributed by atoms with E-state index < -0.39 is 5.54 Å². The maximum absolute atomic E-state index is 13.6. The van der Waals surface area contributed by atoms with E-state index in [1.807, 2.05) is 30.3 Å². The standard InChI is InChI=1S/C26H33N3O2/c1-20(2)18-26(23-11-7-4-8-12-23)24(30)29(25(31)27-26)19-28-15-13-22(14-16-28)17-21-9-5-3-6-10-21/h3-12,20,22H,13-19H2,1-2H3,(H,27,31)/p+1/t26-/m1/s1. The molecule has 0 aromatic heterocycles. The Balaban J connectivity index is 1.41. The van der Waals surface area contributed by atoms with Gasteiger partial charge in [0.15, 0.2) is 6.67 Å². The third-order valence-corrected chi connectivity index (χ3v) is 6.72. The first kappa shape index (κ1) is 21.6. The molecule has 1 atom stereocenters. The number of carbonyl (C=O) groups excluding carboxylic acids is 2. The molecular formula is C26H34N3O2+. The SMILES string of the molecule is CC(C)C[C@]1(c2ccccc2)NC(=O)N(C[NH+]2CCC(Cc3ccccc3)CC2)C1=O. The summed E-state index contributed by atoms with van der Waals surface area (Å²) in [7, 11) is 0. The molecule has 5 heteroatoms. The summed E-state index contributed by atoms with van der Waals surface area (Å²) in [5.41, 5.74) is 1.32. The number of urea groups is 1. The van der Waals surface area contributed by atoms with Gasteiger partial charge in [-0.15, -0.1) is 0 Å². The molecule has 4 rings (SSSR count).